The van der Waals surface area contributed by atoms with Gasteiger partial charge in [0.05, 0.1) is 5.69 Å². The number of thiazole rings is 1. The van der Waals surface area contributed by atoms with Crippen LogP contribution in [0.5, 0.6) is 0 Å². The molecule has 1 aliphatic rings. The molecule has 1 fully saturated rings. The maximum Gasteiger partial charge on any atom is 0.292 e. The molecule has 0 bridgehead atoms. The molecule has 3 heterocycles. The lowest BCUT2D eigenvalue weighted by molar-refractivity contribution is 0.0988. The molecule has 7 nitrogen and oxygen atoms in total. The van der Waals surface area contributed by atoms with Gasteiger partial charge in [0, 0.05) is 48.1 Å². The quantitative estimate of drug-likeness (QED) is 0.534. The Balaban J connectivity index is 1.43. The van der Waals surface area contributed by atoms with E-state index >= 15 is 0 Å². The first-order valence-electron chi connectivity index (χ1n) is 10.2. The zero-order valence-corrected chi connectivity index (χ0v) is 19.2. The van der Waals surface area contributed by atoms with Crippen LogP contribution in [-0.2, 0) is 13.0 Å². The van der Waals surface area contributed by atoms with Gasteiger partial charge in [-0.3, -0.25) is 9.69 Å². The summed E-state index contributed by atoms with van der Waals surface area (Å²) in [5.41, 5.74) is 8.42. The Hall–Kier alpha value is -2.26. The minimum Gasteiger partial charge on any atom is -0.432 e. The van der Waals surface area contributed by atoms with Crippen molar-refractivity contribution in [3.05, 3.63) is 51.8 Å². The van der Waals surface area contributed by atoms with Gasteiger partial charge in [-0.05, 0) is 44.6 Å². The number of carbonyl (C=O) groups is 1. The molecule has 0 amide bonds. The number of piperidine rings is 1. The summed E-state index contributed by atoms with van der Waals surface area (Å²) < 4.78 is 4.93. The SMILES string of the molecule is CN(C)C1CCN(Cc2csc(-c3ccc(Cl)c(CC(=O)c4coc(N)n4)c3)n2)CC1. The molecule has 2 N–H and O–H groups in total. The van der Waals surface area contributed by atoms with Gasteiger partial charge < -0.3 is 15.1 Å². The minimum absolute atomic E-state index is 0.0237. The number of halogens is 1. The molecule has 4 rings (SSSR count). The first kappa shape index (κ1) is 22.0. The number of hydrogen-bond acceptors (Lipinski definition) is 8. The first-order valence-corrected chi connectivity index (χ1v) is 11.5. The van der Waals surface area contributed by atoms with Crippen molar-refractivity contribution in [3.63, 3.8) is 0 Å². The largest absolute Gasteiger partial charge is 0.432 e. The molecule has 1 aliphatic heterocycles. The normalized spacial score (nSPS) is 15.6. The second-order valence-corrected chi connectivity index (χ2v) is 9.36. The topological polar surface area (TPSA) is 88.5 Å². The smallest absolute Gasteiger partial charge is 0.292 e. The molecule has 9 heteroatoms. The predicted octanol–water partition coefficient (Wildman–Crippen LogP) is 3.99. The molecule has 0 aliphatic carbocycles. The van der Waals surface area contributed by atoms with Crippen LogP contribution in [0.15, 0.2) is 34.3 Å². The number of nitrogens with zero attached hydrogens (tertiary/aromatic N) is 4. The van der Waals surface area contributed by atoms with Crippen molar-refractivity contribution >= 4 is 34.7 Å². The monoisotopic (exact) mass is 459 g/mol. The molecule has 0 unspecified atom stereocenters. The Morgan fingerprint density at radius 2 is 2.10 bits per heavy atom. The molecule has 0 saturated carbocycles. The van der Waals surface area contributed by atoms with Gasteiger partial charge in [0.1, 0.15) is 17.0 Å². The Morgan fingerprint density at radius 3 is 2.77 bits per heavy atom. The second kappa shape index (κ2) is 9.48. The fourth-order valence-corrected chi connectivity index (χ4v) is 4.85. The van der Waals surface area contributed by atoms with Gasteiger partial charge in [-0.1, -0.05) is 17.7 Å². The number of anilines is 1. The van der Waals surface area contributed by atoms with Crippen LogP contribution in [0.4, 0.5) is 6.01 Å². The maximum atomic E-state index is 12.5. The molecule has 1 aromatic carbocycles. The number of nitrogen functional groups attached to an aromatic ring is 1. The molecule has 3 aromatic rings. The van der Waals surface area contributed by atoms with Gasteiger partial charge in [0.15, 0.2) is 5.78 Å². The Labute approximate surface area is 190 Å². The second-order valence-electron chi connectivity index (χ2n) is 8.09. The van der Waals surface area contributed by atoms with Crippen LogP contribution in [0.2, 0.25) is 5.02 Å². The third kappa shape index (κ3) is 5.33. The van der Waals surface area contributed by atoms with Crippen LogP contribution in [0.1, 0.15) is 34.6 Å². The summed E-state index contributed by atoms with van der Waals surface area (Å²) in [6.45, 7) is 3.05. The van der Waals surface area contributed by atoms with Crippen molar-refractivity contribution in [1.29, 1.82) is 0 Å². The number of aromatic nitrogens is 2. The lowest BCUT2D eigenvalue weighted by atomic mass is 10.0. The van der Waals surface area contributed by atoms with E-state index in [2.05, 4.69) is 34.3 Å². The van der Waals surface area contributed by atoms with Crippen molar-refractivity contribution in [1.82, 2.24) is 19.8 Å². The number of hydrogen-bond donors (Lipinski definition) is 1. The summed E-state index contributed by atoms with van der Waals surface area (Å²) in [6.07, 6.45) is 3.77. The summed E-state index contributed by atoms with van der Waals surface area (Å²) in [5, 5.41) is 3.58. The number of oxazole rings is 1. The van der Waals surface area contributed by atoms with Crippen molar-refractivity contribution in [3.8, 4) is 10.6 Å². The summed E-state index contributed by atoms with van der Waals surface area (Å²) >= 11 is 7.95. The zero-order valence-electron chi connectivity index (χ0n) is 17.7. The van der Waals surface area contributed by atoms with Crippen LogP contribution in [-0.4, -0.2) is 58.8 Å². The highest BCUT2D eigenvalue weighted by Gasteiger charge is 2.21. The zero-order chi connectivity index (χ0) is 22.0. The van der Waals surface area contributed by atoms with Crippen molar-refractivity contribution in [2.75, 3.05) is 32.9 Å². The standard InChI is InChI=1S/C22H26ClN5O2S/c1-27(2)17-5-7-28(8-6-17)11-16-13-31-21(25-16)14-3-4-18(23)15(9-14)10-20(29)19-12-30-22(24)26-19/h3-4,9,12-13,17H,5-8,10-11H2,1-2H3,(H2,24,26). The van der Waals surface area contributed by atoms with Crippen LogP contribution in [0.25, 0.3) is 10.6 Å². The van der Waals surface area contributed by atoms with Crippen LogP contribution < -0.4 is 5.73 Å². The van der Waals surface area contributed by atoms with Gasteiger partial charge in [0.2, 0.25) is 0 Å². The van der Waals surface area contributed by atoms with E-state index < -0.39 is 0 Å². The molecule has 31 heavy (non-hydrogen) atoms. The highest BCUT2D eigenvalue weighted by atomic mass is 35.5. The number of Topliss-reactive ketones (excluding diaryl/α,β-unsaturated/α-hetero) is 1. The number of rotatable bonds is 7. The van der Waals surface area contributed by atoms with E-state index in [-0.39, 0.29) is 23.9 Å². The molecular weight excluding hydrogens is 434 g/mol. The van der Waals surface area contributed by atoms with E-state index in [9.17, 15) is 4.79 Å². The molecule has 0 radical (unpaired) electrons. The minimum atomic E-state index is -0.194. The van der Waals surface area contributed by atoms with E-state index in [4.69, 9.17) is 26.7 Å². The fraction of sp³-hybridized carbons (Fsp3) is 0.409. The lowest BCUT2D eigenvalue weighted by Gasteiger charge is -2.34. The number of carbonyl (C=O) groups excluding carboxylic acids is 1. The Bertz CT molecular complexity index is 1060. The molecule has 2 aromatic heterocycles. The Kier molecular flexibility index (Phi) is 6.71. The molecular formula is C22H26ClN5O2S. The van der Waals surface area contributed by atoms with Crippen molar-refractivity contribution in [2.45, 2.75) is 31.8 Å². The van der Waals surface area contributed by atoms with Crippen molar-refractivity contribution in [2.24, 2.45) is 0 Å². The maximum absolute atomic E-state index is 12.5. The van der Waals surface area contributed by atoms with E-state index in [1.54, 1.807) is 11.3 Å². The van der Waals surface area contributed by atoms with Crippen LogP contribution in [0, 0.1) is 0 Å². The third-order valence-electron chi connectivity index (χ3n) is 5.68. The van der Waals surface area contributed by atoms with Gasteiger partial charge in [0.25, 0.3) is 6.01 Å². The number of likely N-dealkylation sites (tertiary alicyclic amines) is 1. The third-order valence-corrected chi connectivity index (χ3v) is 6.98. The summed E-state index contributed by atoms with van der Waals surface area (Å²) in [6, 6.07) is 6.32. The van der Waals surface area contributed by atoms with Crippen LogP contribution in [0.3, 0.4) is 0 Å². The average molecular weight is 460 g/mol. The van der Waals surface area contributed by atoms with E-state index in [1.807, 2.05) is 18.2 Å². The highest BCUT2D eigenvalue weighted by Crippen LogP contribution is 2.29. The van der Waals surface area contributed by atoms with Crippen LogP contribution >= 0.6 is 22.9 Å². The van der Waals surface area contributed by atoms with Crippen molar-refractivity contribution < 1.29 is 9.21 Å². The predicted molar refractivity (Wildman–Crippen MR) is 123 cm³/mol. The number of benzene rings is 1. The van der Waals surface area contributed by atoms with Gasteiger partial charge >= 0.3 is 0 Å². The molecule has 164 valence electrons. The fourth-order valence-electron chi connectivity index (χ4n) is 3.86. The van der Waals surface area contributed by atoms with E-state index in [0.717, 1.165) is 41.5 Å². The first-order chi connectivity index (χ1) is 14.9. The average Bonchev–Trinajstić information content (AvgIpc) is 3.39. The molecule has 1 saturated heterocycles. The molecule has 0 spiro atoms. The van der Waals surface area contributed by atoms with Gasteiger partial charge in [-0.15, -0.1) is 11.3 Å². The summed E-state index contributed by atoms with van der Waals surface area (Å²) in [5.74, 6) is -0.194. The van der Waals surface area contributed by atoms with Gasteiger partial charge in [-0.2, -0.15) is 4.98 Å². The Morgan fingerprint density at radius 1 is 1.32 bits per heavy atom. The van der Waals surface area contributed by atoms with E-state index in [1.165, 1.54) is 19.1 Å². The number of nitrogens with two attached hydrogens (primary N) is 1. The molecule has 0 atom stereocenters. The highest BCUT2D eigenvalue weighted by molar-refractivity contribution is 7.13. The van der Waals surface area contributed by atoms with Gasteiger partial charge in [-0.25, -0.2) is 4.98 Å². The summed E-state index contributed by atoms with van der Waals surface area (Å²) in [7, 11) is 4.31. The summed E-state index contributed by atoms with van der Waals surface area (Å²) in [4.78, 5) is 26.0. The lowest BCUT2D eigenvalue weighted by Crippen LogP contribution is -2.41. The van der Waals surface area contributed by atoms with E-state index in [0.29, 0.717) is 11.1 Å². The number of ketones is 1.